The summed E-state index contributed by atoms with van der Waals surface area (Å²) in [6, 6.07) is 9.64. The van der Waals surface area contributed by atoms with Crippen LogP contribution in [0.1, 0.15) is 28.1 Å². The van der Waals surface area contributed by atoms with Gasteiger partial charge in [0.2, 0.25) is 11.7 Å². The van der Waals surface area contributed by atoms with E-state index in [0.29, 0.717) is 28.6 Å². The smallest absolute Gasteiger partial charge is 0.251 e. The number of nitrogens with one attached hydrogen (secondary N) is 1. The topological polar surface area (TPSA) is 101 Å². The fourth-order valence-corrected chi connectivity index (χ4v) is 2.15. The summed E-state index contributed by atoms with van der Waals surface area (Å²) in [4.78, 5) is 16.5. The molecule has 1 atom stereocenters. The molecule has 7 nitrogen and oxygen atoms in total. The molecule has 2 N–H and O–H groups in total. The molecular formula is C16H15N3O4. The second-order valence-corrected chi connectivity index (χ2v) is 4.94. The molecule has 0 aliphatic rings. The lowest BCUT2D eigenvalue weighted by Gasteiger charge is -2.14. The van der Waals surface area contributed by atoms with Gasteiger partial charge in [-0.15, -0.1) is 0 Å². The van der Waals surface area contributed by atoms with E-state index < -0.39 is 6.04 Å². The molecule has 0 saturated heterocycles. The average Bonchev–Trinajstić information content (AvgIpc) is 3.24. The van der Waals surface area contributed by atoms with Crippen LogP contribution in [0.25, 0.3) is 11.4 Å². The average molecular weight is 313 g/mol. The van der Waals surface area contributed by atoms with Gasteiger partial charge >= 0.3 is 0 Å². The number of aliphatic hydroxyl groups excluding tert-OH is 1. The number of benzene rings is 1. The molecule has 1 unspecified atom stereocenters. The molecule has 0 radical (unpaired) electrons. The number of aromatic nitrogens is 2. The Bertz CT molecular complexity index is 795. The van der Waals surface area contributed by atoms with Crippen LogP contribution >= 0.6 is 0 Å². The zero-order chi connectivity index (χ0) is 16.2. The van der Waals surface area contributed by atoms with Gasteiger partial charge in [0.25, 0.3) is 5.91 Å². The van der Waals surface area contributed by atoms with Crippen LogP contribution in [0, 0.1) is 6.92 Å². The largest absolute Gasteiger partial charge is 0.467 e. The highest BCUT2D eigenvalue weighted by Crippen LogP contribution is 2.18. The summed E-state index contributed by atoms with van der Waals surface area (Å²) in [5.74, 6) is 1.03. The fourth-order valence-electron chi connectivity index (χ4n) is 2.15. The molecule has 7 heteroatoms. The van der Waals surface area contributed by atoms with Crippen molar-refractivity contribution < 1.29 is 18.8 Å². The summed E-state index contributed by atoms with van der Waals surface area (Å²) < 4.78 is 10.2. The van der Waals surface area contributed by atoms with Crippen LogP contribution in [0.4, 0.5) is 0 Å². The van der Waals surface area contributed by atoms with E-state index >= 15 is 0 Å². The highest BCUT2D eigenvalue weighted by Gasteiger charge is 2.18. The first-order valence-electron chi connectivity index (χ1n) is 7.03. The molecular weight excluding hydrogens is 298 g/mol. The van der Waals surface area contributed by atoms with E-state index in [1.807, 2.05) is 0 Å². The maximum atomic E-state index is 12.4. The normalized spacial score (nSPS) is 12.1. The molecule has 0 aliphatic carbocycles. The Morgan fingerprint density at radius 1 is 1.35 bits per heavy atom. The molecule has 2 aromatic heterocycles. The molecule has 0 spiro atoms. The maximum Gasteiger partial charge on any atom is 0.251 e. The number of nitrogens with zero attached hydrogens (tertiary/aromatic N) is 2. The van der Waals surface area contributed by atoms with Gasteiger partial charge in [0.1, 0.15) is 11.8 Å². The maximum absolute atomic E-state index is 12.4. The third kappa shape index (κ3) is 3.29. The van der Waals surface area contributed by atoms with Crippen LogP contribution < -0.4 is 5.32 Å². The zero-order valence-electron chi connectivity index (χ0n) is 12.4. The predicted molar refractivity (Wildman–Crippen MR) is 80.5 cm³/mol. The van der Waals surface area contributed by atoms with Gasteiger partial charge in [0.05, 0.1) is 12.9 Å². The number of carbonyl (C=O) groups is 1. The number of rotatable bonds is 5. The van der Waals surface area contributed by atoms with Gasteiger partial charge in [-0.2, -0.15) is 4.98 Å². The van der Waals surface area contributed by atoms with Crippen LogP contribution in [0.2, 0.25) is 0 Å². The SMILES string of the molecule is Cc1nc(-c2cccc(C(=O)NC(CO)c3ccco3)c2)no1. The molecule has 0 fully saturated rings. The lowest BCUT2D eigenvalue weighted by atomic mass is 10.1. The first-order valence-corrected chi connectivity index (χ1v) is 7.03. The fraction of sp³-hybridized carbons (Fsp3) is 0.188. The lowest BCUT2D eigenvalue weighted by Crippen LogP contribution is -2.30. The van der Waals surface area contributed by atoms with Crippen molar-refractivity contribution in [1.82, 2.24) is 15.5 Å². The summed E-state index contributed by atoms with van der Waals surface area (Å²) in [6.45, 7) is 1.44. The lowest BCUT2D eigenvalue weighted by molar-refractivity contribution is 0.0907. The van der Waals surface area contributed by atoms with Crippen molar-refractivity contribution in [3.8, 4) is 11.4 Å². The van der Waals surface area contributed by atoms with E-state index in [9.17, 15) is 9.90 Å². The van der Waals surface area contributed by atoms with Gasteiger partial charge < -0.3 is 19.4 Å². The molecule has 3 rings (SSSR count). The molecule has 3 aromatic rings. The van der Waals surface area contributed by atoms with Gasteiger partial charge in [-0.25, -0.2) is 0 Å². The first-order chi connectivity index (χ1) is 11.2. The van der Waals surface area contributed by atoms with Crippen molar-refractivity contribution in [2.45, 2.75) is 13.0 Å². The molecule has 0 saturated carbocycles. The molecule has 2 heterocycles. The zero-order valence-corrected chi connectivity index (χ0v) is 12.4. The Kier molecular flexibility index (Phi) is 4.20. The number of amides is 1. The highest BCUT2D eigenvalue weighted by molar-refractivity contribution is 5.95. The summed E-state index contributed by atoms with van der Waals surface area (Å²) in [7, 11) is 0. The molecule has 0 bridgehead atoms. The van der Waals surface area contributed by atoms with Gasteiger partial charge in [-0.3, -0.25) is 4.79 Å². The third-order valence-electron chi connectivity index (χ3n) is 3.29. The number of furan rings is 1. The van der Waals surface area contributed by atoms with Gasteiger partial charge in [-0.1, -0.05) is 17.3 Å². The van der Waals surface area contributed by atoms with E-state index in [0.717, 1.165) is 0 Å². The van der Waals surface area contributed by atoms with Crippen LogP contribution in [-0.2, 0) is 0 Å². The monoisotopic (exact) mass is 313 g/mol. The third-order valence-corrected chi connectivity index (χ3v) is 3.29. The Hall–Kier alpha value is -2.93. The Morgan fingerprint density at radius 2 is 2.22 bits per heavy atom. The first kappa shape index (κ1) is 15.0. The minimum absolute atomic E-state index is 0.261. The number of aliphatic hydroxyl groups is 1. The number of carbonyl (C=O) groups excluding carboxylic acids is 1. The van der Waals surface area contributed by atoms with Crippen molar-refractivity contribution in [3.05, 3.63) is 59.9 Å². The summed E-state index contributed by atoms with van der Waals surface area (Å²) in [5, 5.41) is 16.0. The van der Waals surface area contributed by atoms with E-state index in [1.54, 1.807) is 43.3 Å². The number of aryl methyl sites for hydroxylation is 1. The van der Waals surface area contributed by atoms with Crippen LogP contribution in [0.15, 0.2) is 51.6 Å². The van der Waals surface area contributed by atoms with E-state index in [1.165, 1.54) is 6.26 Å². The van der Waals surface area contributed by atoms with E-state index in [4.69, 9.17) is 8.94 Å². The van der Waals surface area contributed by atoms with Crippen molar-refractivity contribution in [1.29, 1.82) is 0 Å². The van der Waals surface area contributed by atoms with Crippen molar-refractivity contribution in [2.24, 2.45) is 0 Å². The van der Waals surface area contributed by atoms with Gasteiger partial charge in [0, 0.05) is 18.1 Å². The van der Waals surface area contributed by atoms with Crippen molar-refractivity contribution >= 4 is 5.91 Å². The van der Waals surface area contributed by atoms with Crippen LogP contribution in [0.5, 0.6) is 0 Å². The second-order valence-electron chi connectivity index (χ2n) is 4.94. The quantitative estimate of drug-likeness (QED) is 0.748. The molecule has 0 aliphatic heterocycles. The molecule has 1 amide bonds. The standard InChI is InChI=1S/C16H15N3O4/c1-10-17-15(19-23-10)11-4-2-5-12(8-11)16(21)18-13(9-20)14-6-3-7-22-14/h2-8,13,20H,9H2,1H3,(H,18,21). The van der Waals surface area contributed by atoms with Crippen molar-refractivity contribution in [2.75, 3.05) is 6.61 Å². The minimum Gasteiger partial charge on any atom is -0.467 e. The highest BCUT2D eigenvalue weighted by atomic mass is 16.5. The van der Waals surface area contributed by atoms with Crippen LogP contribution in [-0.4, -0.2) is 27.8 Å². The molecule has 23 heavy (non-hydrogen) atoms. The second kappa shape index (κ2) is 6.45. The number of hydrogen-bond acceptors (Lipinski definition) is 6. The van der Waals surface area contributed by atoms with Crippen molar-refractivity contribution in [3.63, 3.8) is 0 Å². The van der Waals surface area contributed by atoms with E-state index in [2.05, 4.69) is 15.5 Å². The number of hydrogen-bond donors (Lipinski definition) is 2. The Balaban J connectivity index is 1.80. The predicted octanol–water partition coefficient (Wildman–Crippen LogP) is 2.10. The van der Waals surface area contributed by atoms with E-state index in [-0.39, 0.29) is 12.5 Å². The molecule has 118 valence electrons. The summed E-state index contributed by atoms with van der Waals surface area (Å²) >= 11 is 0. The summed E-state index contributed by atoms with van der Waals surface area (Å²) in [6.07, 6.45) is 1.49. The summed E-state index contributed by atoms with van der Waals surface area (Å²) in [5.41, 5.74) is 1.10. The Morgan fingerprint density at radius 3 is 2.87 bits per heavy atom. The molecule has 1 aromatic carbocycles. The van der Waals surface area contributed by atoms with Gasteiger partial charge in [0.15, 0.2) is 0 Å². The van der Waals surface area contributed by atoms with Crippen LogP contribution in [0.3, 0.4) is 0 Å². The van der Waals surface area contributed by atoms with Gasteiger partial charge in [-0.05, 0) is 24.3 Å². The minimum atomic E-state index is -0.603. The Labute approximate surface area is 131 Å².